The van der Waals surface area contributed by atoms with Gasteiger partial charge in [0.1, 0.15) is 0 Å². The minimum Gasteiger partial charge on any atom is -0.512 e. The van der Waals surface area contributed by atoms with Crippen LogP contribution in [0.3, 0.4) is 0 Å². The Balaban J connectivity index is 0.000000475. The summed E-state index contributed by atoms with van der Waals surface area (Å²) in [6, 6.07) is 39.9. The number of benzene rings is 4. The Bertz CT molecular complexity index is 1870. The maximum atomic E-state index is 10.0. The van der Waals surface area contributed by atoms with Crippen LogP contribution in [-0.2, 0) is 24.9 Å². The fourth-order valence-corrected chi connectivity index (χ4v) is 6.09. The average molecular weight is 759 g/mol. The molecule has 0 spiro atoms. The predicted molar refractivity (Wildman–Crippen MR) is 177 cm³/mol. The Morgan fingerprint density at radius 2 is 1.47 bits per heavy atom. The molecular weight excluding hydrogens is 727 g/mol. The van der Waals surface area contributed by atoms with E-state index >= 15 is 0 Å². The molecule has 0 bridgehead atoms. The van der Waals surface area contributed by atoms with Crippen molar-refractivity contribution in [3.8, 4) is 44.0 Å². The summed E-state index contributed by atoms with van der Waals surface area (Å²) in [7, 11) is 0. The first kappa shape index (κ1) is 31.8. The molecule has 0 atom stereocenters. The van der Waals surface area contributed by atoms with Gasteiger partial charge in [-0.15, -0.1) is 46.7 Å². The van der Waals surface area contributed by atoms with Gasteiger partial charge in [0, 0.05) is 47.3 Å². The number of fused-ring (bicyclic) bond motifs is 1. The Morgan fingerprint density at radius 1 is 0.791 bits per heavy atom. The molecule has 5 heteroatoms. The zero-order valence-corrected chi connectivity index (χ0v) is 27.7. The minimum absolute atomic E-state index is 0. The fourth-order valence-electron chi connectivity index (χ4n) is 5.01. The van der Waals surface area contributed by atoms with Gasteiger partial charge in [-0.1, -0.05) is 78.9 Å². The molecule has 217 valence electrons. The number of pyridine rings is 1. The zero-order valence-electron chi connectivity index (χ0n) is 24.5. The number of aliphatic hydroxyl groups excluding tert-OH is 1. The minimum atomic E-state index is -0.125. The number of hydrogen-bond donors (Lipinski definition) is 1. The number of aliphatic hydroxyl groups is 1. The van der Waals surface area contributed by atoms with Crippen molar-refractivity contribution in [2.24, 2.45) is 0 Å². The number of aromatic nitrogens is 1. The van der Waals surface area contributed by atoms with Crippen molar-refractivity contribution in [1.82, 2.24) is 4.98 Å². The summed E-state index contributed by atoms with van der Waals surface area (Å²) in [5.41, 5.74) is 10.8. The van der Waals surface area contributed by atoms with Crippen molar-refractivity contribution < 1.29 is 30.0 Å². The molecule has 43 heavy (non-hydrogen) atoms. The second kappa shape index (κ2) is 14.3. The molecule has 2 aromatic heterocycles. The van der Waals surface area contributed by atoms with Crippen LogP contribution in [0.15, 0.2) is 121 Å². The third-order valence-corrected chi connectivity index (χ3v) is 8.08. The van der Waals surface area contributed by atoms with Crippen LogP contribution in [-0.4, -0.2) is 15.9 Å². The Kier molecular flexibility index (Phi) is 10.6. The van der Waals surface area contributed by atoms with Gasteiger partial charge in [-0.2, -0.15) is 0 Å². The normalized spacial score (nSPS) is 10.9. The summed E-state index contributed by atoms with van der Waals surface area (Å²) in [6.07, 6.45) is 3.15. The van der Waals surface area contributed by atoms with Crippen molar-refractivity contribution in [1.29, 1.82) is 0 Å². The van der Waals surface area contributed by atoms with Crippen molar-refractivity contribution in [2.45, 2.75) is 27.7 Å². The van der Waals surface area contributed by atoms with Crippen LogP contribution >= 0.6 is 11.3 Å². The Morgan fingerprint density at radius 3 is 2.09 bits per heavy atom. The fraction of sp³-hybridized carbons (Fsp3) is 0.105. The van der Waals surface area contributed by atoms with E-state index in [0.29, 0.717) is 0 Å². The van der Waals surface area contributed by atoms with Crippen molar-refractivity contribution >= 4 is 27.2 Å². The molecule has 0 aliphatic carbocycles. The maximum Gasteiger partial charge on any atom is 0.155 e. The third kappa shape index (κ3) is 7.82. The maximum absolute atomic E-state index is 10.0. The standard InChI is InChI=1S/C33H24NS.C5H8O2.Ir/c1-22-8-6-9-23(2)33(22)26-16-14-25(15-17-26)31-19-29-21-34-30(20-32(29)35-31)28-13-7-12-27(18-28)24-10-4-3-5-11-24;1-4(6)3-5(2)7;/h3-12,14-21H,1-2H3;3,6H,1-2H3;/q-1;;/b;4-3-;. The van der Waals surface area contributed by atoms with Gasteiger partial charge >= 0.3 is 0 Å². The van der Waals surface area contributed by atoms with Gasteiger partial charge in [-0.25, -0.2) is 0 Å². The van der Waals surface area contributed by atoms with E-state index in [1.54, 1.807) is 0 Å². The van der Waals surface area contributed by atoms with E-state index in [9.17, 15) is 4.79 Å². The van der Waals surface area contributed by atoms with E-state index in [2.05, 4.69) is 111 Å². The van der Waals surface area contributed by atoms with E-state index < -0.39 is 0 Å². The second-order valence-corrected chi connectivity index (χ2v) is 11.4. The molecular formula is C38H32IrNO2S-. The smallest absolute Gasteiger partial charge is 0.155 e. The van der Waals surface area contributed by atoms with Crippen LogP contribution in [0.1, 0.15) is 25.0 Å². The first-order valence-electron chi connectivity index (χ1n) is 13.8. The summed E-state index contributed by atoms with van der Waals surface area (Å²) in [6.45, 7) is 7.21. The van der Waals surface area contributed by atoms with Crippen molar-refractivity contribution in [2.75, 3.05) is 0 Å². The number of ketones is 1. The Labute approximate surface area is 271 Å². The molecule has 4 aromatic carbocycles. The Hall–Kier alpha value is -4.15. The van der Waals surface area contributed by atoms with Gasteiger partial charge in [0.2, 0.25) is 0 Å². The number of aryl methyl sites for hydroxylation is 2. The second-order valence-electron chi connectivity index (χ2n) is 10.3. The molecule has 0 unspecified atom stereocenters. The summed E-state index contributed by atoms with van der Waals surface area (Å²) < 4.78 is 1.24. The monoisotopic (exact) mass is 759 g/mol. The van der Waals surface area contributed by atoms with Gasteiger partial charge in [0.25, 0.3) is 0 Å². The predicted octanol–water partition coefficient (Wildman–Crippen LogP) is 10.4. The zero-order chi connectivity index (χ0) is 29.6. The number of allylic oxidation sites excluding steroid dienone is 2. The van der Waals surface area contributed by atoms with Crippen LogP contribution in [0.2, 0.25) is 0 Å². The van der Waals surface area contributed by atoms with Crippen LogP contribution in [0, 0.1) is 19.9 Å². The molecule has 6 rings (SSSR count). The summed E-state index contributed by atoms with van der Waals surface area (Å²) in [4.78, 5) is 16.0. The molecule has 3 nitrogen and oxygen atoms in total. The number of nitrogens with zero attached hydrogens (tertiary/aromatic N) is 1. The van der Waals surface area contributed by atoms with Crippen molar-refractivity contribution in [3.63, 3.8) is 0 Å². The molecule has 0 aliphatic rings. The first-order valence-corrected chi connectivity index (χ1v) is 14.6. The largest absolute Gasteiger partial charge is 0.512 e. The van der Waals surface area contributed by atoms with Crippen LogP contribution in [0.25, 0.3) is 54.0 Å². The van der Waals surface area contributed by atoms with Gasteiger partial charge < -0.3 is 10.1 Å². The quantitative estimate of drug-likeness (QED) is 0.108. The van der Waals surface area contributed by atoms with E-state index in [0.717, 1.165) is 11.3 Å². The number of carbonyl (C=O) groups is 1. The van der Waals surface area contributed by atoms with Crippen molar-refractivity contribution in [3.05, 3.63) is 138 Å². The van der Waals surface area contributed by atoms with Crippen LogP contribution in [0.5, 0.6) is 0 Å². The van der Waals surface area contributed by atoms with Gasteiger partial charge in [-0.3, -0.25) is 4.79 Å². The molecule has 2 heterocycles. The molecule has 0 saturated carbocycles. The summed E-state index contributed by atoms with van der Waals surface area (Å²) in [5, 5.41) is 9.54. The van der Waals surface area contributed by atoms with E-state index in [1.165, 1.54) is 73.8 Å². The third-order valence-electron chi connectivity index (χ3n) is 6.94. The first-order chi connectivity index (χ1) is 20.3. The van der Waals surface area contributed by atoms with Gasteiger partial charge in [0.15, 0.2) is 5.78 Å². The SMILES string of the molecule is CC(=O)/C=C(/C)O.Cc1cccc(C)c1-c1ccc(-c2cc3cnc(-c4[c-]ccc(-c5ccccc5)c4)cc3s2)cc1.[Ir]. The van der Waals surface area contributed by atoms with E-state index in [4.69, 9.17) is 10.1 Å². The molecule has 0 aliphatic heterocycles. The molecule has 6 aromatic rings. The number of rotatable bonds is 5. The molecule has 0 saturated heterocycles. The molecule has 1 N–H and O–H groups in total. The van der Waals surface area contributed by atoms with E-state index in [1.807, 2.05) is 29.7 Å². The van der Waals surface area contributed by atoms with Crippen LogP contribution < -0.4 is 0 Å². The van der Waals surface area contributed by atoms with E-state index in [-0.39, 0.29) is 31.6 Å². The molecule has 1 radical (unpaired) electrons. The summed E-state index contributed by atoms with van der Waals surface area (Å²) in [5.74, 6) is -0.0625. The molecule has 0 amide bonds. The van der Waals surface area contributed by atoms with Crippen LogP contribution in [0.4, 0.5) is 0 Å². The topological polar surface area (TPSA) is 50.2 Å². The summed E-state index contributed by atoms with van der Waals surface area (Å²) >= 11 is 1.81. The van der Waals surface area contributed by atoms with Gasteiger partial charge in [0.05, 0.1) is 5.76 Å². The number of carbonyl (C=O) groups excluding carboxylic acids is 1. The number of thiophene rings is 1. The molecule has 0 fully saturated rings. The average Bonchev–Trinajstić information content (AvgIpc) is 3.41. The number of hydrogen-bond acceptors (Lipinski definition) is 4. The van der Waals surface area contributed by atoms with Gasteiger partial charge in [-0.05, 0) is 72.8 Å².